The van der Waals surface area contributed by atoms with Crippen LogP contribution in [0, 0.1) is 19.3 Å². The van der Waals surface area contributed by atoms with Crippen molar-refractivity contribution in [3.63, 3.8) is 0 Å². The van der Waals surface area contributed by atoms with Crippen molar-refractivity contribution in [3.05, 3.63) is 47.2 Å². The maximum atomic E-state index is 10.5. The summed E-state index contributed by atoms with van der Waals surface area (Å²) in [4.78, 5) is 18.0. The summed E-state index contributed by atoms with van der Waals surface area (Å²) in [6.45, 7) is 10.2. The van der Waals surface area contributed by atoms with Gasteiger partial charge in [-0.15, -0.1) is 0 Å². The Morgan fingerprint density at radius 2 is 1.44 bits per heavy atom. The predicted octanol–water partition coefficient (Wildman–Crippen LogP) is 4.01. The summed E-state index contributed by atoms with van der Waals surface area (Å²) in [7, 11) is 0. The first kappa shape index (κ1) is 24.9. The summed E-state index contributed by atoms with van der Waals surface area (Å²) in [6, 6.07) is 6.04. The second-order valence-electron chi connectivity index (χ2n) is 6.32. The zero-order valence-electron chi connectivity index (χ0n) is 15.8. The number of benzene rings is 1. The van der Waals surface area contributed by atoms with Crippen molar-refractivity contribution >= 4 is 11.9 Å². The average Bonchev–Trinajstić information content (AvgIpc) is 2.43. The van der Waals surface area contributed by atoms with E-state index < -0.39 is 18.0 Å². The second kappa shape index (κ2) is 12.1. The van der Waals surface area contributed by atoms with Gasteiger partial charge in [-0.3, -0.25) is 9.59 Å². The minimum absolute atomic E-state index is 0.296. The van der Waals surface area contributed by atoms with Gasteiger partial charge in [-0.05, 0) is 48.4 Å². The zero-order chi connectivity index (χ0) is 20.2. The first-order valence-electron chi connectivity index (χ1n) is 7.79. The lowest BCUT2D eigenvalue weighted by molar-refractivity contribution is -0.135. The molecule has 25 heavy (non-hydrogen) atoms. The van der Waals surface area contributed by atoms with Crippen LogP contribution in [0.5, 0.6) is 0 Å². The molecule has 6 heteroatoms. The van der Waals surface area contributed by atoms with Crippen LogP contribution in [0.4, 0.5) is 0 Å². The molecule has 6 nitrogen and oxygen atoms in total. The van der Waals surface area contributed by atoms with E-state index in [0.29, 0.717) is 6.42 Å². The van der Waals surface area contributed by atoms with E-state index in [2.05, 4.69) is 0 Å². The molecule has 1 unspecified atom stereocenters. The molecule has 0 radical (unpaired) electrons. The number of hydrogen-bond donors (Lipinski definition) is 4. The van der Waals surface area contributed by atoms with Gasteiger partial charge in [0.1, 0.15) is 0 Å². The molecular weight excluding hydrogens is 324 g/mol. The topological polar surface area (TPSA) is 115 Å². The largest absolute Gasteiger partial charge is 0.516 e. The van der Waals surface area contributed by atoms with Gasteiger partial charge in [0, 0.05) is 13.8 Å². The first-order chi connectivity index (χ1) is 11.4. The average molecular weight is 354 g/mol. The van der Waals surface area contributed by atoms with Crippen molar-refractivity contribution in [2.45, 2.75) is 54.1 Å². The van der Waals surface area contributed by atoms with Crippen LogP contribution < -0.4 is 0 Å². The van der Waals surface area contributed by atoms with E-state index in [-0.39, 0.29) is 5.41 Å². The van der Waals surface area contributed by atoms with Gasteiger partial charge in [0.25, 0.3) is 11.9 Å². The van der Waals surface area contributed by atoms with Gasteiger partial charge in [-0.25, -0.2) is 0 Å². The number of carbonyl (C=O) groups is 2. The van der Waals surface area contributed by atoms with E-state index in [1.165, 1.54) is 0 Å². The van der Waals surface area contributed by atoms with Crippen molar-refractivity contribution in [3.8, 4) is 0 Å². The highest BCUT2D eigenvalue weighted by Crippen LogP contribution is 2.39. The van der Waals surface area contributed by atoms with Gasteiger partial charge in [-0.2, -0.15) is 0 Å². The van der Waals surface area contributed by atoms with E-state index in [9.17, 15) is 5.11 Å². The van der Waals surface area contributed by atoms with Gasteiger partial charge in [0.05, 0.1) is 12.4 Å². The second-order valence-corrected chi connectivity index (χ2v) is 6.32. The predicted molar refractivity (Wildman–Crippen MR) is 97.7 cm³/mol. The number of rotatable bonds is 4. The standard InChI is InChI=1S/C15H22O2.2C2H4O2/c1-11-7-5-8-12(2)13(11)14(17)15(3,4)9-6-10-16;2*1-2(3)4/h5-8,10,14,16-17H,9H2,1-4H3;2*1H3,(H,3,4). The van der Waals surface area contributed by atoms with E-state index in [1.54, 1.807) is 6.08 Å². The zero-order valence-corrected chi connectivity index (χ0v) is 15.8. The lowest BCUT2D eigenvalue weighted by Gasteiger charge is -2.31. The molecule has 1 rings (SSSR count). The highest BCUT2D eigenvalue weighted by Gasteiger charge is 2.29. The van der Waals surface area contributed by atoms with Crippen LogP contribution in [-0.2, 0) is 9.59 Å². The van der Waals surface area contributed by atoms with Crippen LogP contribution in [0.15, 0.2) is 30.5 Å². The van der Waals surface area contributed by atoms with Crippen molar-refractivity contribution in [1.29, 1.82) is 0 Å². The van der Waals surface area contributed by atoms with Crippen LogP contribution in [0.2, 0.25) is 0 Å². The molecule has 0 amide bonds. The van der Waals surface area contributed by atoms with Gasteiger partial charge >= 0.3 is 0 Å². The number of allylic oxidation sites excluding steroid dienone is 1. The van der Waals surface area contributed by atoms with E-state index >= 15 is 0 Å². The summed E-state index contributed by atoms with van der Waals surface area (Å²) >= 11 is 0. The van der Waals surface area contributed by atoms with Crippen molar-refractivity contribution < 1.29 is 30.0 Å². The van der Waals surface area contributed by atoms with E-state index in [0.717, 1.165) is 36.8 Å². The highest BCUT2D eigenvalue weighted by atomic mass is 16.4. The fourth-order valence-corrected chi connectivity index (χ4v) is 2.12. The first-order valence-corrected chi connectivity index (χ1v) is 7.79. The molecule has 0 aromatic heterocycles. The molecule has 0 heterocycles. The van der Waals surface area contributed by atoms with Crippen LogP contribution in [0.1, 0.15) is 56.9 Å². The van der Waals surface area contributed by atoms with E-state index in [1.807, 2.05) is 45.9 Å². The maximum Gasteiger partial charge on any atom is 0.300 e. The Morgan fingerprint density at radius 3 is 1.76 bits per heavy atom. The summed E-state index contributed by atoms with van der Waals surface area (Å²) in [5.41, 5.74) is 2.93. The number of carboxylic acid groups (broad SMARTS) is 2. The molecule has 4 N–H and O–H groups in total. The molecule has 0 spiro atoms. The maximum absolute atomic E-state index is 10.5. The van der Waals surface area contributed by atoms with Crippen molar-refractivity contribution in [1.82, 2.24) is 0 Å². The third kappa shape index (κ3) is 11.8. The number of carboxylic acids is 2. The Morgan fingerprint density at radius 1 is 1.08 bits per heavy atom. The fraction of sp³-hybridized carbons (Fsp3) is 0.474. The molecule has 0 aliphatic carbocycles. The van der Waals surface area contributed by atoms with Gasteiger partial charge < -0.3 is 20.4 Å². The minimum atomic E-state index is -0.833. The van der Waals surface area contributed by atoms with Crippen LogP contribution >= 0.6 is 0 Å². The molecule has 142 valence electrons. The third-order valence-corrected chi connectivity index (χ3v) is 3.31. The minimum Gasteiger partial charge on any atom is -0.516 e. The number of aryl methyl sites for hydroxylation is 2. The Bertz CT molecular complexity index is 535. The normalized spacial score (nSPS) is 11.6. The molecular formula is C19H30O6. The molecule has 1 atom stereocenters. The lowest BCUT2D eigenvalue weighted by atomic mass is 9.77. The molecule has 0 bridgehead atoms. The molecule has 1 aromatic rings. The quantitative estimate of drug-likeness (QED) is 0.607. The third-order valence-electron chi connectivity index (χ3n) is 3.31. The highest BCUT2D eigenvalue weighted by molar-refractivity contribution is 5.63. The summed E-state index contributed by atoms with van der Waals surface area (Å²) in [5, 5.41) is 34.1. The molecule has 0 saturated carbocycles. The van der Waals surface area contributed by atoms with E-state index in [4.69, 9.17) is 24.9 Å². The molecule has 0 aliphatic heterocycles. The summed E-state index contributed by atoms with van der Waals surface area (Å²) < 4.78 is 0. The van der Waals surface area contributed by atoms with Crippen molar-refractivity contribution in [2.75, 3.05) is 0 Å². The Hall–Kier alpha value is -2.34. The molecule has 0 aliphatic rings. The Kier molecular flexibility index (Phi) is 12.0. The SMILES string of the molecule is CC(=O)O.CC(=O)O.Cc1cccc(C)c1C(O)C(C)(C)CC=CO. The number of aliphatic hydroxyl groups is 2. The molecule has 1 aromatic carbocycles. The van der Waals surface area contributed by atoms with Crippen molar-refractivity contribution in [2.24, 2.45) is 5.41 Å². The fourth-order valence-electron chi connectivity index (χ4n) is 2.12. The smallest absolute Gasteiger partial charge is 0.300 e. The Labute approximate surface area is 149 Å². The van der Waals surface area contributed by atoms with Crippen LogP contribution in [0.3, 0.4) is 0 Å². The number of hydrogen-bond acceptors (Lipinski definition) is 4. The van der Waals surface area contributed by atoms with Crippen LogP contribution in [0.25, 0.3) is 0 Å². The molecule has 0 fully saturated rings. The molecule has 0 saturated heterocycles. The Balaban J connectivity index is 0. The number of aliphatic carboxylic acids is 2. The monoisotopic (exact) mass is 354 g/mol. The van der Waals surface area contributed by atoms with Crippen LogP contribution in [-0.4, -0.2) is 32.4 Å². The lowest BCUT2D eigenvalue weighted by Crippen LogP contribution is -2.23. The number of aliphatic hydroxyl groups excluding tert-OH is 2. The van der Waals surface area contributed by atoms with Gasteiger partial charge in [-0.1, -0.05) is 32.0 Å². The van der Waals surface area contributed by atoms with Gasteiger partial charge in [0.15, 0.2) is 0 Å². The summed E-state index contributed by atoms with van der Waals surface area (Å²) in [6.07, 6.45) is 2.83. The van der Waals surface area contributed by atoms with Gasteiger partial charge in [0.2, 0.25) is 0 Å². The summed E-state index contributed by atoms with van der Waals surface area (Å²) in [5.74, 6) is -1.67.